The molecule has 1 unspecified atom stereocenters. The van der Waals surface area contributed by atoms with Crippen molar-refractivity contribution >= 4 is 30.3 Å². The van der Waals surface area contributed by atoms with Crippen molar-refractivity contribution in [1.82, 2.24) is 5.32 Å². The molecule has 0 saturated carbocycles. The molecule has 0 bridgehead atoms. The van der Waals surface area contributed by atoms with Gasteiger partial charge in [0.2, 0.25) is 0 Å². The van der Waals surface area contributed by atoms with Gasteiger partial charge in [0.05, 0.1) is 10.4 Å². The maximum absolute atomic E-state index is 11.4. The molecule has 0 heterocycles. The van der Waals surface area contributed by atoms with Crippen molar-refractivity contribution in [2.45, 2.75) is 25.1 Å². The quantitative estimate of drug-likeness (QED) is 0.642. The van der Waals surface area contributed by atoms with E-state index in [9.17, 15) is 4.79 Å². The Bertz CT molecular complexity index is 360. The second kappa shape index (κ2) is 6.66. The van der Waals surface area contributed by atoms with Crippen LogP contribution in [0, 0.1) is 0 Å². The smallest absolute Gasteiger partial charge is 0.409 e. The van der Waals surface area contributed by atoms with E-state index in [-0.39, 0.29) is 5.37 Å². The van der Waals surface area contributed by atoms with Gasteiger partial charge in [0.15, 0.2) is 5.75 Å². The van der Waals surface area contributed by atoms with Gasteiger partial charge in [0.25, 0.3) is 0 Å². The van der Waals surface area contributed by atoms with Gasteiger partial charge >= 0.3 is 6.09 Å². The van der Waals surface area contributed by atoms with Crippen LogP contribution >= 0.6 is 24.2 Å². The van der Waals surface area contributed by atoms with Crippen LogP contribution in [0.15, 0.2) is 24.3 Å². The van der Waals surface area contributed by atoms with Gasteiger partial charge in [-0.05, 0) is 18.6 Å². The number of hydrogen-bond donors (Lipinski definition) is 2. The first-order valence-corrected chi connectivity index (χ1v) is 5.94. The molecule has 1 rings (SSSR count). The van der Waals surface area contributed by atoms with Gasteiger partial charge < -0.3 is 10.1 Å². The molecule has 1 atom stereocenters. The van der Waals surface area contributed by atoms with Gasteiger partial charge in [-0.2, -0.15) is 12.6 Å². The summed E-state index contributed by atoms with van der Waals surface area (Å²) < 4.78 is 5.03. The summed E-state index contributed by atoms with van der Waals surface area (Å²) in [6, 6.07) is 6.81. The van der Waals surface area contributed by atoms with Crippen LogP contribution in [-0.2, 0) is 0 Å². The second-order valence-electron chi connectivity index (χ2n) is 3.27. The van der Waals surface area contributed by atoms with E-state index >= 15 is 0 Å². The molecule has 5 heteroatoms. The Balaban J connectivity index is 2.49. The molecule has 0 aliphatic rings. The summed E-state index contributed by atoms with van der Waals surface area (Å²) in [5.74, 6) is 0.346. The second-order valence-corrected chi connectivity index (χ2v) is 4.30. The summed E-state index contributed by atoms with van der Waals surface area (Å²) in [5, 5.41) is 2.81. The molecule has 0 aliphatic heterocycles. The van der Waals surface area contributed by atoms with Gasteiger partial charge in [-0.3, -0.25) is 0 Å². The van der Waals surface area contributed by atoms with E-state index in [1.165, 1.54) is 0 Å². The lowest BCUT2D eigenvalue weighted by Gasteiger charge is -2.12. The summed E-state index contributed by atoms with van der Waals surface area (Å²) in [6.45, 7) is 2.02. The van der Waals surface area contributed by atoms with Crippen molar-refractivity contribution in [3.63, 3.8) is 0 Å². The van der Waals surface area contributed by atoms with E-state index in [4.69, 9.17) is 16.3 Å². The molecule has 0 radical (unpaired) electrons. The number of rotatable bonds is 4. The summed E-state index contributed by atoms with van der Waals surface area (Å²) in [5.41, 5.74) is 0. The number of carbonyl (C=O) groups excluding carboxylic acids is 1. The van der Waals surface area contributed by atoms with E-state index in [2.05, 4.69) is 17.9 Å². The first kappa shape index (κ1) is 13.2. The van der Waals surface area contributed by atoms with Crippen molar-refractivity contribution in [3.05, 3.63) is 29.3 Å². The van der Waals surface area contributed by atoms with Gasteiger partial charge in [-0.1, -0.05) is 37.1 Å². The number of hydrogen-bond acceptors (Lipinski definition) is 3. The lowest BCUT2D eigenvalue weighted by atomic mass is 10.3. The predicted molar refractivity (Wildman–Crippen MR) is 68.3 cm³/mol. The lowest BCUT2D eigenvalue weighted by Crippen LogP contribution is -2.33. The number of para-hydroxylation sites is 1. The highest BCUT2D eigenvalue weighted by atomic mass is 35.5. The number of benzene rings is 1. The predicted octanol–water partition coefficient (Wildman–Crippen LogP) is 3.48. The molecule has 0 spiro atoms. The molecule has 0 aliphatic carbocycles. The van der Waals surface area contributed by atoms with E-state index in [0.29, 0.717) is 10.8 Å². The van der Waals surface area contributed by atoms with Crippen molar-refractivity contribution in [2.24, 2.45) is 0 Å². The minimum Gasteiger partial charge on any atom is -0.409 e. The SMILES string of the molecule is CCCC(S)NC(=O)Oc1ccccc1Cl. The van der Waals surface area contributed by atoms with Crippen molar-refractivity contribution in [3.8, 4) is 5.75 Å². The molecule has 1 N–H and O–H groups in total. The molecular weight excluding hydrogens is 246 g/mol. The zero-order valence-corrected chi connectivity index (χ0v) is 10.6. The van der Waals surface area contributed by atoms with Crippen LogP contribution in [0.2, 0.25) is 5.02 Å². The lowest BCUT2D eigenvalue weighted by molar-refractivity contribution is 0.199. The van der Waals surface area contributed by atoms with E-state index in [1.807, 2.05) is 6.92 Å². The largest absolute Gasteiger partial charge is 0.413 e. The third kappa shape index (κ3) is 4.33. The number of carbonyl (C=O) groups is 1. The first-order chi connectivity index (χ1) is 7.63. The highest BCUT2D eigenvalue weighted by Crippen LogP contribution is 2.23. The summed E-state index contributed by atoms with van der Waals surface area (Å²) in [4.78, 5) is 11.4. The van der Waals surface area contributed by atoms with Crippen LogP contribution < -0.4 is 10.1 Å². The molecule has 1 aromatic rings. The highest BCUT2D eigenvalue weighted by Gasteiger charge is 2.10. The monoisotopic (exact) mass is 259 g/mol. The third-order valence-corrected chi connectivity index (χ3v) is 2.59. The van der Waals surface area contributed by atoms with E-state index in [1.54, 1.807) is 24.3 Å². The summed E-state index contributed by atoms with van der Waals surface area (Å²) in [6.07, 6.45) is 1.20. The summed E-state index contributed by atoms with van der Waals surface area (Å²) in [7, 11) is 0. The highest BCUT2D eigenvalue weighted by molar-refractivity contribution is 7.80. The Labute approximate surface area is 106 Å². The fourth-order valence-corrected chi connectivity index (χ4v) is 1.68. The number of halogens is 1. The van der Waals surface area contributed by atoms with E-state index in [0.717, 1.165) is 12.8 Å². The molecule has 1 aromatic carbocycles. The van der Waals surface area contributed by atoms with Gasteiger partial charge in [0, 0.05) is 0 Å². The third-order valence-electron chi connectivity index (χ3n) is 1.89. The van der Waals surface area contributed by atoms with Crippen LogP contribution in [-0.4, -0.2) is 11.5 Å². The molecule has 0 aromatic heterocycles. The minimum atomic E-state index is -0.540. The molecule has 0 saturated heterocycles. The van der Waals surface area contributed by atoms with Crippen LogP contribution in [0.3, 0.4) is 0 Å². The fourth-order valence-electron chi connectivity index (χ4n) is 1.14. The van der Waals surface area contributed by atoms with Crippen LogP contribution in [0.1, 0.15) is 19.8 Å². The Morgan fingerprint density at radius 3 is 2.88 bits per heavy atom. The van der Waals surface area contributed by atoms with Crippen molar-refractivity contribution in [2.75, 3.05) is 0 Å². The van der Waals surface area contributed by atoms with Gasteiger partial charge in [-0.15, -0.1) is 0 Å². The molecule has 1 amide bonds. The normalized spacial score (nSPS) is 11.9. The Hall–Kier alpha value is -0.870. The maximum atomic E-state index is 11.4. The molecule has 88 valence electrons. The zero-order chi connectivity index (χ0) is 12.0. The van der Waals surface area contributed by atoms with Crippen LogP contribution in [0.5, 0.6) is 5.75 Å². The zero-order valence-electron chi connectivity index (χ0n) is 8.94. The first-order valence-electron chi connectivity index (χ1n) is 5.04. The van der Waals surface area contributed by atoms with Gasteiger partial charge in [-0.25, -0.2) is 4.79 Å². The minimum absolute atomic E-state index is 0.194. The molecule has 0 fully saturated rings. The molecular formula is C11H14ClNO2S. The van der Waals surface area contributed by atoms with Crippen molar-refractivity contribution < 1.29 is 9.53 Å². The van der Waals surface area contributed by atoms with Crippen molar-refractivity contribution in [1.29, 1.82) is 0 Å². The van der Waals surface area contributed by atoms with Crippen LogP contribution in [0.4, 0.5) is 4.79 Å². The Morgan fingerprint density at radius 1 is 1.56 bits per heavy atom. The fraction of sp³-hybridized carbons (Fsp3) is 0.364. The maximum Gasteiger partial charge on any atom is 0.413 e. The van der Waals surface area contributed by atoms with Crippen LogP contribution in [0.25, 0.3) is 0 Å². The number of thiol groups is 1. The van der Waals surface area contributed by atoms with Gasteiger partial charge in [0.1, 0.15) is 0 Å². The van der Waals surface area contributed by atoms with E-state index < -0.39 is 6.09 Å². The average Bonchev–Trinajstić information content (AvgIpc) is 2.21. The standard InChI is InChI=1S/C11H14ClNO2S/c1-2-5-10(16)13-11(14)15-9-7-4-3-6-8(9)12/h3-4,6-7,10,16H,2,5H2,1H3,(H,13,14). The average molecular weight is 260 g/mol. The molecule has 16 heavy (non-hydrogen) atoms. The Kier molecular flexibility index (Phi) is 5.49. The molecule has 3 nitrogen and oxygen atoms in total. The number of nitrogens with one attached hydrogen (secondary N) is 1. The Morgan fingerprint density at radius 2 is 2.25 bits per heavy atom. The topological polar surface area (TPSA) is 38.3 Å². The number of ether oxygens (including phenoxy) is 1. The number of amides is 1. The summed E-state index contributed by atoms with van der Waals surface area (Å²) >= 11 is 10.0.